The first-order valence-electron chi connectivity index (χ1n) is 10.8. The number of ether oxygens (including phenoxy) is 1. The Kier molecular flexibility index (Phi) is 6.94. The molecule has 166 valence electrons. The number of halogens is 1. The number of carbonyl (C=O) groups is 2. The van der Waals surface area contributed by atoms with Crippen molar-refractivity contribution in [3.63, 3.8) is 0 Å². The van der Waals surface area contributed by atoms with Crippen LogP contribution in [0.25, 0.3) is 11.1 Å². The maximum Gasteiger partial charge on any atom is 0.415 e. The van der Waals surface area contributed by atoms with E-state index in [0.29, 0.717) is 36.6 Å². The van der Waals surface area contributed by atoms with Crippen LogP contribution in [0, 0.1) is 5.82 Å². The molecule has 31 heavy (non-hydrogen) atoms. The molecule has 7 heteroatoms. The van der Waals surface area contributed by atoms with E-state index in [2.05, 4.69) is 19.6 Å². The lowest BCUT2D eigenvalue weighted by atomic mass is 9.88. The van der Waals surface area contributed by atoms with Gasteiger partial charge in [0, 0.05) is 31.3 Å². The van der Waals surface area contributed by atoms with E-state index in [4.69, 9.17) is 9.72 Å². The van der Waals surface area contributed by atoms with E-state index < -0.39 is 14.2 Å². The first-order chi connectivity index (χ1) is 14.6. The van der Waals surface area contributed by atoms with Crippen LogP contribution in [0.4, 0.5) is 15.0 Å². The summed E-state index contributed by atoms with van der Waals surface area (Å²) in [4.78, 5) is 31.4. The Hall–Kier alpha value is -2.54. The second kappa shape index (κ2) is 9.30. The summed E-state index contributed by atoms with van der Waals surface area (Å²) in [7, 11) is -1.32. The van der Waals surface area contributed by atoms with Crippen molar-refractivity contribution in [2.45, 2.75) is 58.3 Å². The van der Waals surface area contributed by atoms with Gasteiger partial charge in [0.25, 0.3) is 0 Å². The molecule has 1 aromatic heterocycles. The quantitative estimate of drug-likeness (QED) is 0.403. The number of rotatable bonds is 6. The molecule has 0 saturated carbocycles. The molecule has 1 aliphatic heterocycles. The minimum absolute atomic E-state index is 0.0172. The van der Waals surface area contributed by atoms with E-state index in [-0.39, 0.29) is 11.7 Å². The van der Waals surface area contributed by atoms with Gasteiger partial charge in [-0.2, -0.15) is 0 Å². The number of hydrogen-bond acceptors (Lipinski definition) is 4. The second-order valence-electron chi connectivity index (χ2n) is 9.55. The van der Waals surface area contributed by atoms with Gasteiger partial charge in [0.2, 0.25) is 0 Å². The third kappa shape index (κ3) is 5.21. The maximum absolute atomic E-state index is 13.6. The first kappa shape index (κ1) is 23.1. The molecule has 0 N–H and O–H groups in total. The van der Waals surface area contributed by atoms with Crippen LogP contribution in [-0.4, -0.2) is 38.6 Å². The number of anilines is 1. The van der Waals surface area contributed by atoms with Crippen LogP contribution in [0.1, 0.15) is 47.8 Å². The number of aldehydes is 1. The molecule has 0 radical (unpaired) electrons. The maximum atomic E-state index is 13.6. The molecule has 0 unspecified atom stereocenters. The highest BCUT2D eigenvalue weighted by Crippen LogP contribution is 2.39. The number of nitrogens with zero attached hydrogens (tertiary/aromatic N) is 2. The smallest absolute Gasteiger partial charge is 0.415 e. The standard InChI is InChI=1S/C24H31FN2O3Si/c1-16(2)22-20(15-28)21(17-8-10-18(25)11-9-17)19-7-6-12-27(23(19)26-22)24(29)30-13-14-31(3,4)5/h8-11,15-16H,6-7,12-14H2,1-5H3. The average Bonchev–Trinajstić information content (AvgIpc) is 2.71. The fourth-order valence-corrected chi connectivity index (χ4v) is 4.54. The Morgan fingerprint density at radius 1 is 1.26 bits per heavy atom. The van der Waals surface area contributed by atoms with Gasteiger partial charge in [-0.1, -0.05) is 45.6 Å². The third-order valence-corrected chi connectivity index (χ3v) is 7.21. The van der Waals surface area contributed by atoms with E-state index in [9.17, 15) is 14.0 Å². The van der Waals surface area contributed by atoms with Crippen LogP contribution >= 0.6 is 0 Å². The van der Waals surface area contributed by atoms with Crippen molar-refractivity contribution >= 4 is 26.3 Å². The zero-order valence-electron chi connectivity index (χ0n) is 19.0. The lowest BCUT2D eigenvalue weighted by Crippen LogP contribution is -2.38. The first-order valence-corrected chi connectivity index (χ1v) is 14.5. The summed E-state index contributed by atoms with van der Waals surface area (Å²) in [6.45, 7) is 11.6. The normalized spacial score (nSPS) is 13.8. The van der Waals surface area contributed by atoms with Gasteiger partial charge in [-0.3, -0.25) is 9.69 Å². The van der Waals surface area contributed by atoms with Gasteiger partial charge in [-0.25, -0.2) is 14.2 Å². The molecule has 2 heterocycles. The monoisotopic (exact) mass is 442 g/mol. The summed E-state index contributed by atoms with van der Waals surface area (Å²) >= 11 is 0. The van der Waals surface area contributed by atoms with Crippen molar-refractivity contribution in [3.05, 3.63) is 46.9 Å². The minimum Gasteiger partial charge on any atom is -0.449 e. The molecule has 0 aliphatic carbocycles. The number of pyridine rings is 1. The molecule has 5 nitrogen and oxygen atoms in total. The zero-order valence-corrected chi connectivity index (χ0v) is 20.0. The number of fused-ring (bicyclic) bond motifs is 1. The second-order valence-corrected chi connectivity index (χ2v) is 15.2. The molecular weight excluding hydrogens is 411 g/mol. The molecule has 0 spiro atoms. The highest BCUT2D eigenvalue weighted by Gasteiger charge is 2.31. The van der Waals surface area contributed by atoms with Crippen LogP contribution in [-0.2, 0) is 11.2 Å². The fourth-order valence-electron chi connectivity index (χ4n) is 3.83. The Balaban J connectivity index is 2.09. The number of benzene rings is 1. The molecular formula is C24H31FN2O3Si. The zero-order chi connectivity index (χ0) is 22.8. The fraction of sp³-hybridized carbons (Fsp3) is 0.458. The lowest BCUT2D eigenvalue weighted by molar-refractivity contribution is 0.112. The summed E-state index contributed by atoms with van der Waals surface area (Å²) in [6, 6.07) is 7.02. The molecule has 3 rings (SSSR count). The Labute approximate surface area is 184 Å². The number of carbonyl (C=O) groups excluding carboxylic acids is 2. The van der Waals surface area contributed by atoms with Crippen molar-refractivity contribution in [1.29, 1.82) is 0 Å². The number of hydrogen-bond donors (Lipinski definition) is 0. The van der Waals surface area contributed by atoms with E-state index in [1.165, 1.54) is 12.1 Å². The predicted molar refractivity (Wildman–Crippen MR) is 124 cm³/mol. The SMILES string of the molecule is CC(C)c1nc2c(c(-c3ccc(F)cc3)c1C=O)CCCN2C(=O)OCC[Si](C)(C)C. The van der Waals surface area contributed by atoms with Crippen LogP contribution in [0.2, 0.25) is 25.7 Å². The van der Waals surface area contributed by atoms with Crippen molar-refractivity contribution in [3.8, 4) is 11.1 Å². The van der Waals surface area contributed by atoms with E-state index >= 15 is 0 Å². The van der Waals surface area contributed by atoms with Crippen LogP contribution in [0.15, 0.2) is 24.3 Å². The highest BCUT2D eigenvalue weighted by atomic mass is 28.3. The van der Waals surface area contributed by atoms with Crippen molar-refractivity contribution in [2.24, 2.45) is 0 Å². The predicted octanol–water partition coefficient (Wildman–Crippen LogP) is 6.05. The van der Waals surface area contributed by atoms with Crippen LogP contribution in [0.3, 0.4) is 0 Å². The number of aromatic nitrogens is 1. The summed E-state index contributed by atoms with van der Waals surface area (Å²) in [6.07, 6.45) is 1.86. The molecule has 1 amide bonds. The van der Waals surface area contributed by atoms with E-state index in [1.54, 1.807) is 17.0 Å². The Morgan fingerprint density at radius 3 is 2.52 bits per heavy atom. The Bertz CT molecular complexity index is 968. The van der Waals surface area contributed by atoms with Crippen LogP contribution in [0.5, 0.6) is 0 Å². The van der Waals surface area contributed by atoms with Gasteiger partial charge in [0.1, 0.15) is 11.6 Å². The van der Waals surface area contributed by atoms with E-state index in [0.717, 1.165) is 35.4 Å². The van der Waals surface area contributed by atoms with Gasteiger partial charge in [0.05, 0.1) is 12.3 Å². The molecule has 1 aromatic carbocycles. The van der Waals surface area contributed by atoms with Gasteiger partial charge >= 0.3 is 6.09 Å². The van der Waals surface area contributed by atoms with Gasteiger partial charge < -0.3 is 4.74 Å². The summed E-state index contributed by atoms with van der Waals surface area (Å²) in [5, 5.41) is 0. The number of amides is 1. The van der Waals surface area contributed by atoms with Crippen molar-refractivity contribution in [2.75, 3.05) is 18.1 Å². The molecule has 2 aromatic rings. The topological polar surface area (TPSA) is 59.5 Å². The van der Waals surface area contributed by atoms with Crippen LogP contribution < -0.4 is 4.90 Å². The summed E-state index contributed by atoms with van der Waals surface area (Å²) < 4.78 is 19.1. The highest BCUT2D eigenvalue weighted by molar-refractivity contribution is 6.76. The lowest BCUT2D eigenvalue weighted by Gasteiger charge is -2.31. The summed E-state index contributed by atoms with van der Waals surface area (Å²) in [5.41, 5.74) is 3.47. The van der Waals surface area contributed by atoms with Crippen molar-refractivity contribution in [1.82, 2.24) is 4.98 Å². The minimum atomic E-state index is -1.32. The van der Waals surface area contributed by atoms with Crippen molar-refractivity contribution < 1.29 is 18.7 Å². The molecule has 0 atom stereocenters. The largest absolute Gasteiger partial charge is 0.449 e. The molecule has 0 fully saturated rings. The average molecular weight is 443 g/mol. The van der Waals surface area contributed by atoms with E-state index in [1.807, 2.05) is 13.8 Å². The summed E-state index contributed by atoms with van der Waals surface area (Å²) in [5.74, 6) is 0.199. The van der Waals surface area contributed by atoms with Gasteiger partial charge in [-0.05, 0) is 42.5 Å². The van der Waals surface area contributed by atoms with Gasteiger partial charge in [-0.15, -0.1) is 0 Å². The molecule has 0 saturated heterocycles. The van der Waals surface area contributed by atoms with Gasteiger partial charge in [0.15, 0.2) is 6.29 Å². The molecule has 1 aliphatic rings. The molecule has 0 bridgehead atoms. The Morgan fingerprint density at radius 2 is 1.94 bits per heavy atom. The third-order valence-electron chi connectivity index (χ3n) is 5.50.